The number of carbonyl (C=O) groups is 2. The van der Waals surface area contributed by atoms with Crippen molar-refractivity contribution in [1.82, 2.24) is 4.98 Å². The van der Waals surface area contributed by atoms with Crippen LogP contribution < -0.4 is 0 Å². The summed E-state index contributed by atoms with van der Waals surface area (Å²) >= 11 is 0. The van der Waals surface area contributed by atoms with E-state index < -0.39 is 0 Å². The molecule has 1 aromatic carbocycles. The number of benzene rings is 1. The summed E-state index contributed by atoms with van der Waals surface area (Å²) in [6, 6.07) is 10.8. The fourth-order valence-corrected chi connectivity index (χ4v) is 1.69. The molecular weight excluding hydrogens is 226 g/mol. The molecule has 3 nitrogen and oxygen atoms in total. The third kappa shape index (κ3) is 2.88. The van der Waals surface area contributed by atoms with E-state index in [1.54, 1.807) is 24.4 Å². The highest BCUT2D eigenvalue weighted by Gasteiger charge is 2.08. The molecule has 2 aromatic rings. The van der Waals surface area contributed by atoms with Gasteiger partial charge in [0.2, 0.25) is 0 Å². The molecule has 0 bridgehead atoms. The van der Waals surface area contributed by atoms with Crippen LogP contribution in [0, 0.1) is 0 Å². The second kappa shape index (κ2) is 5.36. The number of carbonyl (C=O) groups excluding carboxylic acids is 2. The number of aromatic nitrogens is 1. The number of ketones is 2. The first-order chi connectivity index (χ1) is 8.66. The first kappa shape index (κ1) is 12.2. The van der Waals surface area contributed by atoms with Crippen molar-refractivity contribution in [2.45, 2.75) is 13.3 Å². The molecule has 2 rings (SSSR count). The summed E-state index contributed by atoms with van der Waals surface area (Å²) in [6.07, 6.45) is 3.39. The third-order valence-electron chi connectivity index (χ3n) is 2.66. The van der Waals surface area contributed by atoms with Crippen LogP contribution in [0.4, 0.5) is 0 Å². The van der Waals surface area contributed by atoms with Crippen molar-refractivity contribution in [1.29, 1.82) is 0 Å². The van der Waals surface area contributed by atoms with Gasteiger partial charge in [0.15, 0.2) is 11.6 Å². The van der Waals surface area contributed by atoms with Crippen molar-refractivity contribution >= 4 is 11.6 Å². The fourth-order valence-electron chi connectivity index (χ4n) is 1.69. The Bertz CT molecular complexity index is 576. The van der Waals surface area contributed by atoms with Crippen LogP contribution >= 0.6 is 0 Å². The van der Waals surface area contributed by atoms with Crippen molar-refractivity contribution in [3.63, 3.8) is 0 Å². The molecule has 0 fully saturated rings. The highest BCUT2D eigenvalue weighted by atomic mass is 16.1. The van der Waals surface area contributed by atoms with Crippen LogP contribution in [0.15, 0.2) is 48.8 Å². The second-order valence-electron chi connectivity index (χ2n) is 4.10. The normalized spacial score (nSPS) is 10.1. The lowest BCUT2D eigenvalue weighted by molar-refractivity contribution is 0.0987. The first-order valence-corrected chi connectivity index (χ1v) is 5.70. The largest absolute Gasteiger partial charge is 0.294 e. The molecule has 18 heavy (non-hydrogen) atoms. The Morgan fingerprint density at radius 1 is 1.06 bits per heavy atom. The SMILES string of the molecule is CC(=O)c1cncc(CC(=O)c2ccccc2)c1. The molecule has 1 aromatic heterocycles. The number of pyridine rings is 1. The molecule has 0 unspecified atom stereocenters. The van der Waals surface area contributed by atoms with E-state index >= 15 is 0 Å². The van der Waals surface area contributed by atoms with Crippen LogP contribution in [0.3, 0.4) is 0 Å². The van der Waals surface area contributed by atoms with Gasteiger partial charge in [-0.2, -0.15) is 0 Å². The van der Waals surface area contributed by atoms with Gasteiger partial charge in [-0.05, 0) is 18.6 Å². The van der Waals surface area contributed by atoms with E-state index in [4.69, 9.17) is 0 Å². The maximum absolute atomic E-state index is 12.0. The summed E-state index contributed by atoms with van der Waals surface area (Å²) in [7, 11) is 0. The summed E-state index contributed by atoms with van der Waals surface area (Å²) in [6.45, 7) is 1.49. The molecule has 0 amide bonds. The Labute approximate surface area is 105 Å². The van der Waals surface area contributed by atoms with Gasteiger partial charge in [0.1, 0.15) is 0 Å². The van der Waals surface area contributed by atoms with Gasteiger partial charge in [-0.3, -0.25) is 14.6 Å². The standard InChI is InChI=1S/C15H13NO2/c1-11(17)14-7-12(9-16-10-14)8-15(18)13-5-3-2-4-6-13/h2-7,9-10H,8H2,1H3. The summed E-state index contributed by atoms with van der Waals surface area (Å²) in [5, 5.41) is 0. The molecule has 0 atom stereocenters. The zero-order valence-corrected chi connectivity index (χ0v) is 10.1. The predicted octanol–water partition coefficient (Wildman–Crippen LogP) is 2.71. The average molecular weight is 239 g/mol. The molecule has 0 radical (unpaired) electrons. The van der Waals surface area contributed by atoms with Gasteiger partial charge in [-0.1, -0.05) is 30.3 Å². The van der Waals surface area contributed by atoms with Crippen LogP contribution in [0.2, 0.25) is 0 Å². The molecule has 0 saturated carbocycles. The minimum Gasteiger partial charge on any atom is -0.294 e. The Balaban J connectivity index is 2.17. The quantitative estimate of drug-likeness (QED) is 0.771. The maximum Gasteiger partial charge on any atom is 0.167 e. The van der Waals surface area contributed by atoms with Gasteiger partial charge < -0.3 is 0 Å². The molecule has 0 spiro atoms. The Hall–Kier alpha value is -2.29. The average Bonchev–Trinajstić information content (AvgIpc) is 2.40. The summed E-state index contributed by atoms with van der Waals surface area (Å²) < 4.78 is 0. The van der Waals surface area contributed by atoms with Crippen LogP contribution in [0.1, 0.15) is 33.2 Å². The van der Waals surface area contributed by atoms with Crippen molar-refractivity contribution < 1.29 is 9.59 Å². The van der Waals surface area contributed by atoms with Crippen LogP contribution in [0.5, 0.6) is 0 Å². The van der Waals surface area contributed by atoms with Crippen molar-refractivity contribution in [3.8, 4) is 0 Å². The van der Waals surface area contributed by atoms with E-state index in [2.05, 4.69) is 4.98 Å². The van der Waals surface area contributed by atoms with E-state index in [1.807, 2.05) is 18.2 Å². The van der Waals surface area contributed by atoms with E-state index in [1.165, 1.54) is 13.1 Å². The molecule has 1 heterocycles. The molecular formula is C15H13NO2. The van der Waals surface area contributed by atoms with Gasteiger partial charge >= 0.3 is 0 Å². The van der Waals surface area contributed by atoms with E-state index in [9.17, 15) is 9.59 Å². The van der Waals surface area contributed by atoms with Crippen molar-refractivity contribution in [2.75, 3.05) is 0 Å². The van der Waals surface area contributed by atoms with Crippen LogP contribution in [-0.4, -0.2) is 16.6 Å². The lowest BCUT2D eigenvalue weighted by atomic mass is 10.0. The number of hydrogen-bond donors (Lipinski definition) is 0. The summed E-state index contributed by atoms with van der Waals surface area (Å²) in [5.74, 6) is -0.0189. The highest BCUT2D eigenvalue weighted by Crippen LogP contribution is 2.09. The lowest BCUT2D eigenvalue weighted by Gasteiger charge is -2.02. The molecule has 0 aliphatic rings. The topological polar surface area (TPSA) is 47.0 Å². The minimum absolute atomic E-state index is 0.0260. The van der Waals surface area contributed by atoms with Gasteiger partial charge in [0.25, 0.3) is 0 Å². The van der Waals surface area contributed by atoms with Gasteiger partial charge in [-0.15, -0.1) is 0 Å². The minimum atomic E-state index is -0.0449. The van der Waals surface area contributed by atoms with E-state index in [0.29, 0.717) is 11.1 Å². The molecule has 0 aliphatic heterocycles. The number of rotatable bonds is 4. The van der Waals surface area contributed by atoms with Crippen molar-refractivity contribution in [3.05, 3.63) is 65.5 Å². The maximum atomic E-state index is 12.0. The smallest absolute Gasteiger partial charge is 0.167 e. The molecule has 0 aliphatic carbocycles. The Morgan fingerprint density at radius 3 is 2.44 bits per heavy atom. The summed E-state index contributed by atoms with van der Waals surface area (Å²) in [4.78, 5) is 27.2. The summed E-state index contributed by atoms with van der Waals surface area (Å²) in [5.41, 5.74) is 1.97. The monoisotopic (exact) mass is 239 g/mol. The second-order valence-corrected chi connectivity index (χ2v) is 4.10. The van der Waals surface area contributed by atoms with Gasteiger partial charge in [0.05, 0.1) is 0 Å². The molecule has 90 valence electrons. The molecule has 0 N–H and O–H groups in total. The lowest BCUT2D eigenvalue weighted by Crippen LogP contribution is -2.05. The van der Waals surface area contributed by atoms with Gasteiger partial charge in [-0.25, -0.2) is 0 Å². The number of Topliss-reactive ketones (excluding diaryl/α,β-unsaturated/α-hetero) is 2. The highest BCUT2D eigenvalue weighted by molar-refractivity contribution is 5.98. The predicted molar refractivity (Wildman–Crippen MR) is 68.7 cm³/mol. The van der Waals surface area contributed by atoms with Gasteiger partial charge in [0, 0.05) is 29.9 Å². The molecule has 3 heteroatoms. The Kier molecular flexibility index (Phi) is 3.63. The van der Waals surface area contributed by atoms with Crippen LogP contribution in [0.25, 0.3) is 0 Å². The number of nitrogens with zero attached hydrogens (tertiary/aromatic N) is 1. The first-order valence-electron chi connectivity index (χ1n) is 5.70. The van der Waals surface area contributed by atoms with E-state index in [0.717, 1.165) is 5.56 Å². The third-order valence-corrected chi connectivity index (χ3v) is 2.66. The van der Waals surface area contributed by atoms with Crippen molar-refractivity contribution in [2.24, 2.45) is 0 Å². The fraction of sp³-hybridized carbons (Fsp3) is 0.133. The zero-order valence-electron chi connectivity index (χ0n) is 10.1. The number of hydrogen-bond acceptors (Lipinski definition) is 3. The molecule has 0 saturated heterocycles. The zero-order chi connectivity index (χ0) is 13.0. The van der Waals surface area contributed by atoms with Crippen LogP contribution in [-0.2, 0) is 6.42 Å². The van der Waals surface area contributed by atoms with E-state index in [-0.39, 0.29) is 18.0 Å². The Morgan fingerprint density at radius 2 is 1.78 bits per heavy atom.